The van der Waals surface area contributed by atoms with Crippen molar-refractivity contribution in [2.24, 2.45) is 23.7 Å². The average molecular weight is 296 g/mol. The Kier molecular flexibility index (Phi) is 4.92. The molecule has 1 spiro atoms. The van der Waals surface area contributed by atoms with Gasteiger partial charge in [-0.1, -0.05) is 13.8 Å². The molecule has 3 heteroatoms. The SMILES string of the molecule is CC(C)C1CCC(O)C(C2CCOC3(CCOCC3)C2)C1. The van der Waals surface area contributed by atoms with Gasteiger partial charge in [0.05, 0.1) is 11.7 Å². The predicted molar refractivity (Wildman–Crippen MR) is 83.1 cm³/mol. The second kappa shape index (κ2) is 6.55. The zero-order chi connectivity index (χ0) is 14.9. The van der Waals surface area contributed by atoms with Gasteiger partial charge in [-0.25, -0.2) is 0 Å². The van der Waals surface area contributed by atoms with E-state index in [9.17, 15) is 5.11 Å². The number of hydrogen-bond donors (Lipinski definition) is 1. The van der Waals surface area contributed by atoms with Crippen molar-refractivity contribution in [2.45, 2.75) is 70.5 Å². The monoisotopic (exact) mass is 296 g/mol. The molecule has 0 aromatic rings. The lowest BCUT2D eigenvalue weighted by molar-refractivity contribution is -0.161. The molecule has 0 aromatic heterocycles. The first kappa shape index (κ1) is 15.8. The largest absolute Gasteiger partial charge is 0.393 e. The van der Waals surface area contributed by atoms with Crippen LogP contribution in [0.5, 0.6) is 0 Å². The fourth-order valence-corrected chi connectivity index (χ4v) is 4.86. The highest BCUT2D eigenvalue weighted by atomic mass is 16.5. The van der Waals surface area contributed by atoms with E-state index in [0.29, 0.717) is 11.8 Å². The molecule has 0 amide bonds. The Bertz CT molecular complexity index is 330. The Hall–Kier alpha value is -0.120. The summed E-state index contributed by atoms with van der Waals surface area (Å²) in [5.41, 5.74) is 0.0612. The van der Waals surface area contributed by atoms with E-state index in [4.69, 9.17) is 9.47 Å². The number of hydrogen-bond acceptors (Lipinski definition) is 3. The fourth-order valence-electron chi connectivity index (χ4n) is 4.86. The van der Waals surface area contributed by atoms with Crippen molar-refractivity contribution < 1.29 is 14.6 Å². The van der Waals surface area contributed by atoms with Crippen LogP contribution in [0.3, 0.4) is 0 Å². The molecule has 2 heterocycles. The van der Waals surface area contributed by atoms with Crippen LogP contribution in [0.2, 0.25) is 0 Å². The zero-order valence-corrected chi connectivity index (χ0v) is 13.7. The normalized spacial score (nSPS) is 40.6. The van der Waals surface area contributed by atoms with Crippen LogP contribution in [-0.2, 0) is 9.47 Å². The van der Waals surface area contributed by atoms with E-state index >= 15 is 0 Å². The summed E-state index contributed by atoms with van der Waals surface area (Å²) in [4.78, 5) is 0. The summed E-state index contributed by atoms with van der Waals surface area (Å²) in [7, 11) is 0. The molecule has 1 saturated carbocycles. The summed E-state index contributed by atoms with van der Waals surface area (Å²) in [6.07, 6.45) is 7.70. The van der Waals surface area contributed by atoms with Gasteiger partial charge in [0.15, 0.2) is 0 Å². The van der Waals surface area contributed by atoms with E-state index < -0.39 is 0 Å². The van der Waals surface area contributed by atoms with E-state index in [1.807, 2.05) is 0 Å². The maximum atomic E-state index is 10.5. The Morgan fingerprint density at radius 2 is 1.81 bits per heavy atom. The highest BCUT2D eigenvalue weighted by Gasteiger charge is 2.44. The minimum Gasteiger partial charge on any atom is -0.393 e. The van der Waals surface area contributed by atoms with Crippen LogP contribution < -0.4 is 0 Å². The zero-order valence-electron chi connectivity index (χ0n) is 13.7. The Morgan fingerprint density at radius 3 is 2.52 bits per heavy atom. The maximum Gasteiger partial charge on any atom is 0.0729 e. The van der Waals surface area contributed by atoms with Crippen molar-refractivity contribution in [2.75, 3.05) is 19.8 Å². The molecule has 4 atom stereocenters. The molecular weight excluding hydrogens is 264 g/mol. The standard InChI is InChI=1S/C18H32O3/c1-13(2)14-3-4-17(19)16(11-14)15-5-8-21-18(12-15)6-9-20-10-7-18/h13-17,19H,3-12H2,1-2H3. The molecule has 3 nitrogen and oxygen atoms in total. The van der Waals surface area contributed by atoms with E-state index in [2.05, 4.69) is 13.8 Å². The van der Waals surface area contributed by atoms with Crippen LogP contribution in [0.15, 0.2) is 0 Å². The average Bonchev–Trinajstić information content (AvgIpc) is 2.48. The molecule has 0 aromatic carbocycles. The third kappa shape index (κ3) is 3.46. The minimum absolute atomic E-state index is 0.0612. The van der Waals surface area contributed by atoms with Crippen molar-refractivity contribution in [3.8, 4) is 0 Å². The molecule has 2 aliphatic heterocycles. The van der Waals surface area contributed by atoms with Crippen molar-refractivity contribution in [1.29, 1.82) is 0 Å². The van der Waals surface area contributed by atoms with Gasteiger partial charge >= 0.3 is 0 Å². The first-order valence-electron chi connectivity index (χ1n) is 8.99. The second-order valence-electron chi connectivity index (χ2n) is 7.95. The fraction of sp³-hybridized carbons (Fsp3) is 1.00. The Balaban J connectivity index is 1.66. The van der Waals surface area contributed by atoms with Gasteiger partial charge in [0.25, 0.3) is 0 Å². The van der Waals surface area contributed by atoms with Gasteiger partial charge in [0.1, 0.15) is 0 Å². The third-order valence-corrected chi connectivity index (χ3v) is 6.39. The van der Waals surface area contributed by atoms with Gasteiger partial charge in [-0.05, 0) is 68.6 Å². The van der Waals surface area contributed by atoms with Crippen LogP contribution >= 0.6 is 0 Å². The summed E-state index contributed by atoms with van der Waals surface area (Å²) < 4.78 is 11.7. The molecule has 1 aliphatic carbocycles. The molecule has 4 unspecified atom stereocenters. The van der Waals surface area contributed by atoms with Crippen molar-refractivity contribution in [3.63, 3.8) is 0 Å². The van der Waals surface area contributed by atoms with Crippen LogP contribution in [0.25, 0.3) is 0 Å². The van der Waals surface area contributed by atoms with Gasteiger partial charge in [0.2, 0.25) is 0 Å². The first-order valence-corrected chi connectivity index (χ1v) is 8.99. The van der Waals surface area contributed by atoms with Crippen molar-refractivity contribution >= 4 is 0 Å². The molecule has 2 saturated heterocycles. The van der Waals surface area contributed by atoms with Crippen LogP contribution in [0, 0.1) is 23.7 Å². The summed E-state index contributed by atoms with van der Waals surface area (Å²) in [6, 6.07) is 0. The number of aliphatic hydroxyl groups excluding tert-OH is 1. The predicted octanol–water partition coefficient (Wildman–Crippen LogP) is 3.40. The molecule has 0 radical (unpaired) electrons. The summed E-state index contributed by atoms with van der Waals surface area (Å²) in [5, 5.41) is 10.5. The van der Waals surface area contributed by atoms with Crippen LogP contribution in [0.1, 0.15) is 58.8 Å². The van der Waals surface area contributed by atoms with Crippen molar-refractivity contribution in [1.82, 2.24) is 0 Å². The lowest BCUT2D eigenvalue weighted by atomic mass is 9.66. The highest BCUT2D eigenvalue weighted by Crippen LogP contribution is 2.45. The van der Waals surface area contributed by atoms with E-state index in [0.717, 1.165) is 63.8 Å². The number of rotatable bonds is 2. The number of aliphatic hydroxyl groups is 1. The molecular formula is C18H32O3. The van der Waals surface area contributed by atoms with E-state index in [-0.39, 0.29) is 11.7 Å². The summed E-state index contributed by atoms with van der Waals surface area (Å²) in [5.74, 6) is 2.69. The van der Waals surface area contributed by atoms with E-state index in [1.165, 1.54) is 12.8 Å². The van der Waals surface area contributed by atoms with Crippen molar-refractivity contribution in [3.05, 3.63) is 0 Å². The minimum atomic E-state index is -0.0833. The summed E-state index contributed by atoms with van der Waals surface area (Å²) >= 11 is 0. The summed E-state index contributed by atoms with van der Waals surface area (Å²) in [6.45, 7) is 7.23. The molecule has 1 N–H and O–H groups in total. The Morgan fingerprint density at radius 1 is 1.05 bits per heavy atom. The molecule has 3 rings (SSSR count). The number of ether oxygens (including phenoxy) is 2. The van der Waals surface area contributed by atoms with Crippen LogP contribution in [-0.4, -0.2) is 36.6 Å². The van der Waals surface area contributed by atoms with Gasteiger partial charge in [-0.2, -0.15) is 0 Å². The topological polar surface area (TPSA) is 38.7 Å². The first-order chi connectivity index (χ1) is 10.1. The lowest BCUT2D eigenvalue weighted by Crippen LogP contribution is -2.48. The van der Waals surface area contributed by atoms with Gasteiger partial charge in [0, 0.05) is 19.8 Å². The quantitative estimate of drug-likeness (QED) is 0.849. The van der Waals surface area contributed by atoms with Gasteiger partial charge in [-0.3, -0.25) is 0 Å². The maximum absolute atomic E-state index is 10.5. The lowest BCUT2D eigenvalue weighted by Gasteiger charge is -2.48. The second-order valence-corrected chi connectivity index (χ2v) is 7.95. The van der Waals surface area contributed by atoms with Gasteiger partial charge < -0.3 is 14.6 Å². The van der Waals surface area contributed by atoms with Crippen LogP contribution in [0.4, 0.5) is 0 Å². The molecule has 3 aliphatic rings. The molecule has 21 heavy (non-hydrogen) atoms. The smallest absolute Gasteiger partial charge is 0.0729 e. The van der Waals surface area contributed by atoms with E-state index in [1.54, 1.807) is 0 Å². The Labute approximate surface area is 129 Å². The third-order valence-electron chi connectivity index (χ3n) is 6.39. The van der Waals surface area contributed by atoms with Gasteiger partial charge in [-0.15, -0.1) is 0 Å². The highest BCUT2D eigenvalue weighted by molar-refractivity contribution is 4.94. The molecule has 0 bridgehead atoms. The molecule has 122 valence electrons. The molecule has 3 fully saturated rings.